The quantitative estimate of drug-likeness (QED) is 0.659. The van der Waals surface area contributed by atoms with Crippen LogP contribution in [0.1, 0.15) is 13.3 Å². The van der Waals surface area contributed by atoms with E-state index in [4.69, 9.17) is 5.73 Å². The van der Waals surface area contributed by atoms with Crippen molar-refractivity contribution in [2.45, 2.75) is 19.4 Å². The molecular formula is C12H17N3O3. The highest BCUT2D eigenvalue weighted by atomic mass is 16.7. The Bertz CT molecular complexity index is 395. The van der Waals surface area contributed by atoms with Gasteiger partial charge in [0.2, 0.25) is 0 Å². The van der Waals surface area contributed by atoms with Crippen molar-refractivity contribution >= 4 is 17.6 Å². The van der Waals surface area contributed by atoms with Gasteiger partial charge in [-0.1, -0.05) is 25.1 Å². The van der Waals surface area contributed by atoms with Gasteiger partial charge in [0, 0.05) is 18.7 Å². The molecular weight excluding hydrogens is 234 g/mol. The van der Waals surface area contributed by atoms with Gasteiger partial charge in [0.25, 0.3) is 5.91 Å². The van der Waals surface area contributed by atoms with Gasteiger partial charge in [-0.3, -0.25) is 4.79 Å². The van der Waals surface area contributed by atoms with Gasteiger partial charge in [-0.05, 0) is 12.1 Å². The number of benzene rings is 1. The molecule has 0 bridgehead atoms. The summed E-state index contributed by atoms with van der Waals surface area (Å²) in [5, 5.41) is 3.00. The van der Waals surface area contributed by atoms with E-state index in [1.54, 1.807) is 6.92 Å². The molecule has 0 spiro atoms. The van der Waals surface area contributed by atoms with Crippen molar-refractivity contribution in [3.05, 3.63) is 30.3 Å². The normalized spacial score (nSPS) is 11.4. The van der Waals surface area contributed by atoms with Crippen molar-refractivity contribution < 1.29 is 14.4 Å². The van der Waals surface area contributed by atoms with Crippen molar-refractivity contribution in [3.63, 3.8) is 0 Å². The van der Waals surface area contributed by atoms with Crippen molar-refractivity contribution in [1.82, 2.24) is 5.48 Å². The Balaban J connectivity index is 2.30. The molecule has 18 heavy (non-hydrogen) atoms. The van der Waals surface area contributed by atoms with Crippen LogP contribution in [0.25, 0.3) is 0 Å². The first-order valence-electron chi connectivity index (χ1n) is 5.67. The number of carbonyl (C=O) groups is 2. The summed E-state index contributed by atoms with van der Waals surface area (Å²) in [6, 6.07) is 8.56. The first-order chi connectivity index (χ1) is 8.63. The van der Waals surface area contributed by atoms with Crippen LogP contribution in [-0.2, 0) is 14.4 Å². The maximum absolute atomic E-state index is 11.4. The summed E-state index contributed by atoms with van der Waals surface area (Å²) in [4.78, 5) is 26.7. The summed E-state index contributed by atoms with van der Waals surface area (Å²) >= 11 is 0. The van der Waals surface area contributed by atoms with Gasteiger partial charge in [-0.25, -0.2) is 4.79 Å². The third kappa shape index (κ3) is 4.84. The summed E-state index contributed by atoms with van der Waals surface area (Å²) in [7, 11) is 0. The smallest absolute Gasteiger partial charge is 0.331 e. The molecule has 0 saturated heterocycles. The van der Waals surface area contributed by atoms with Crippen LogP contribution in [-0.4, -0.2) is 24.5 Å². The van der Waals surface area contributed by atoms with Gasteiger partial charge < -0.3 is 15.9 Å². The number of hydrogen-bond donors (Lipinski definition) is 3. The van der Waals surface area contributed by atoms with Crippen LogP contribution >= 0.6 is 0 Å². The van der Waals surface area contributed by atoms with E-state index in [0.717, 1.165) is 5.69 Å². The summed E-state index contributed by atoms with van der Waals surface area (Å²) in [5.41, 5.74) is 8.51. The van der Waals surface area contributed by atoms with E-state index < -0.39 is 17.9 Å². The zero-order valence-corrected chi connectivity index (χ0v) is 10.2. The lowest BCUT2D eigenvalue weighted by Crippen LogP contribution is -2.45. The molecule has 0 fully saturated rings. The monoisotopic (exact) mass is 251 g/mol. The third-order valence-electron chi connectivity index (χ3n) is 2.19. The number of amides is 1. The van der Waals surface area contributed by atoms with Gasteiger partial charge >= 0.3 is 5.97 Å². The molecule has 1 atom stereocenters. The second-order valence-electron chi connectivity index (χ2n) is 3.65. The number of nitrogens with one attached hydrogen (secondary N) is 2. The predicted molar refractivity (Wildman–Crippen MR) is 67.4 cm³/mol. The molecule has 6 nitrogen and oxygen atoms in total. The minimum Gasteiger partial charge on any atom is -0.383 e. The van der Waals surface area contributed by atoms with E-state index >= 15 is 0 Å². The molecule has 0 heterocycles. The molecule has 1 aromatic rings. The lowest BCUT2D eigenvalue weighted by Gasteiger charge is -2.13. The Morgan fingerprint density at radius 2 is 2.00 bits per heavy atom. The molecule has 0 aliphatic heterocycles. The van der Waals surface area contributed by atoms with Crippen LogP contribution in [0.5, 0.6) is 0 Å². The first-order valence-corrected chi connectivity index (χ1v) is 5.67. The maximum Gasteiger partial charge on any atom is 0.331 e. The molecule has 0 saturated carbocycles. The lowest BCUT2D eigenvalue weighted by atomic mass is 10.2. The van der Waals surface area contributed by atoms with E-state index in [1.807, 2.05) is 35.8 Å². The Morgan fingerprint density at radius 3 is 2.61 bits per heavy atom. The van der Waals surface area contributed by atoms with Crippen LogP contribution in [0.3, 0.4) is 0 Å². The van der Waals surface area contributed by atoms with E-state index in [2.05, 4.69) is 10.2 Å². The fraction of sp³-hybridized carbons (Fsp3) is 0.333. The zero-order valence-electron chi connectivity index (χ0n) is 10.2. The average Bonchev–Trinajstić information content (AvgIpc) is 2.42. The Kier molecular flexibility index (Phi) is 5.66. The van der Waals surface area contributed by atoms with E-state index in [9.17, 15) is 9.59 Å². The number of para-hydroxylation sites is 1. The molecule has 6 heteroatoms. The summed E-state index contributed by atoms with van der Waals surface area (Å²) in [5.74, 6) is -1.05. The molecule has 98 valence electrons. The van der Waals surface area contributed by atoms with Gasteiger partial charge in [0.15, 0.2) is 0 Å². The van der Waals surface area contributed by atoms with Crippen molar-refractivity contribution in [1.29, 1.82) is 0 Å². The van der Waals surface area contributed by atoms with Gasteiger partial charge in [0.05, 0.1) is 0 Å². The molecule has 0 aromatic heterocycles. The minimum absolute atomic E-state index is 0.192. The number of nitrogens with two attached hydrogens (primary N) is 1. The lowest BCUT2D eigenvalue weighted by molar-refractivity contribution is -0.158. The SMILES string of the molecule is CCC(=O)ONC(=O)[C@@H](N)CNc1ccccc1. The largest absolute Gasteiger partial charge is 0.383 e. The van der Waals surface area contributed by atoms with Crippen LogP contribution in [0.4, 0.5) is 5.69 Å². The van der Waals surface area contributed by atoms with Crippen LogP contribution in [0.2, 0.25) is 0 Å². The predicted octanol–water partition coefficient (Wildman–Crippen LogP) is 0.410. The third-order valence-corrected chi connectivity index (χ3v) is 2.19. The number of carbonyl (C=O) groups excluding carboxylic acids is 2. The molecule has 1 amide bonds. The molecule has 1 rings (SSSR count). The Hall–Kier alpha value is -2.08. The molecule has 0 aliphatic rings. The molecule has 0 radical (unpaired) electrons. The maximum atomic E-state index is 11.4. The number of anilines is 1. The fourth-order valence-corrected chi connectivity index (χ4v) is 1.13. The molecule has 1 aromatic carbocycles. The fourth-order valence-electron chi connectivity index (χ4n) is 1.13. The summed E-state index contributed by atoms with van der Waals surface area (Å²) in [6.45, 7) is 1.88. The second kappa shape index (κ2) is 7.29. The number of rotatable bonds is 5. The number of hydrogen-bond acceptors (Lipinski definition) is 5. The second-order valence-corrected chi connectivity index (χ2v) is 3.65. The highest BCUT2D eigenvalue weighted by Crippen LogP contribution is 2.04. The van der Waals surface area contributed by atoms with Crippen LogP contribution in [0, 0.1) is 0 Å². The van der Waals surface area contributed by atoms with E-state index in [0.29, 0.717) is 0 Å². The Labute approximate surface area is 105 Å². The van der Waals surface area contributed by atoms with Gasteiger partial charge in [-0.2, -0.15) is 5.48 Å². The number of hydroxylamine groups is 1. The molecule has 4 N–H and O–H groups in total. The molecule has 0 unspecified atom stereocenters. The Morgan fingerprint density at radius 1 is 1.33 bits per heavy atom. The van der Waals surface area contributed by atoms with E-state index in [-0.39, 0.29) is 13.0 Å². The molecule has 0 aliphatic carbocycles. The highest BCUT2D eigenvalue weighted by molar-refractivity contribution is 5.82. The van der Waals surface area contributed by atoms with E-state index in [1.165, 1.54) is 0 Å². The van der Waals surface area contributed by atoms with Crippen molar-refractivity contribution in [3.8, 4) is 0 Å². The van der Waals surface area contributed by atoms with Crippen LogP contribution in [0.15, 0.2) is 30.3 Å². The van der Waals surface area contributed by atoms with Gasteiger partial charge in [0.1, 0.15) is 6.04 Å². The topological polar surface area (TPSA) is 93.5 Å². The summed E-state index contributed by atoms with van der Waals surface area (Å²) < 4.78 is 0. The van der Waals surface area contributed by atoms with Crippen LogP contribution < -0.4 is 16.5 Å². The highest BCUT2D eigenvalue weighted by Gasteiger charge is 2.14. The standard InChI is InChI=1S/C12H17N3O3/c1-2-11(16)18-15-12(17)10(13)8-14-9-6-4-3-5-7-9/h3-7,10,14H,2,8,13H2,1H3,(H,15,17)/t10-/m0/s1. The summed E-state index contributed by atoms with van der Waals surface area (Å²) in [6.07, 6.45) is 0.192. The van der Waals surface area contributed by atoms with Crippen molar-refractivity contribution in [2.24, 2.45) is 5.73 Å². The van der Waals surface area contributed by atoms with Crippen molar-refractivity contribution in [2.75, 3.05) is 11.9 Å². The average molecular weight is 251 g/mol. The minimum atomic E-state index is -0.796. The zero-order chi connectivity index (χ0) is 13.4. The van der Waals surface area contributed by atoms with Gasteiger partial charge in [-0.15, -0.1) is 0 Å². The first kappa shape index (κ1) is 14.0.